The van der Waals surface area contributed by atoms with Gasteiger partial charge in [0.25, 0.3) is 0 Å². The van der Waals surface area contributed by atoms with Crippen molar-refractivity contribution in [2.24, 2.45) is 0 Å². The number of carbonyl (C=O) groups is 2. The zero-order chi connectivity index (χ0) is 4.57. The molecule has 6 heavy (non-hydrogen) atoms. The second kappa shape index (κ2) is 0.707. The summed E-state index contributed by atoms with van der Waals surface area (Å²) < 4.78 is 3.75. The number of carbonyl (C=O) groups excluding carboxylic acids is 2. The molecule has 0 aromatic carbocycles. The summed E-state index contributed by atoms with van der Waals surface area (Å²) in [7, 11) is 0. The third-order valence-electron chi connectivity index (χ3n) is 0.390. The van der Waals surface area contributed by atoms with E-state index in [1.807, 2.05) is 0 Å². The smallest absolute Gasteiger partial charge is 0.359 e. The molecule has 0 bridgehead atoms. The lowest BCUT2D eigenvalue weighted by atomic mass is 10.9. The minimum absolute atomic E-state index is 0.667. The Morgan fingerprint density at radius 2 is 1.67 bits per heavy atom. The lowest BCUT2D eigenvalue weighted by Gasteiger charge is -2.08. The van der Waals surface area contributed by atoms with Crippen LogP contribution in [0.15, 0.2) is 0 Å². The van der Waals surface area contributed by atoms with E-state index in [4.69, 9.17) is 0 Å². The number of amides is 2. The lowest BCUT2D eigenvalue weighted by molar-refractivity contribution is 0.120. The van der Waals surface area contributed by atoms with Crippen molar-refractivity contribution in [2.75, 3.05) is 0 Å². The van der Waals surface area contributed by atoms with Gasteiger partial charge in [-0.1, -0.05) is 0 Å². The number of hydrogen-bond donors (Lipinski definition) is 1. The van der Waals surface area contributed by atoms with Gasteiger partial charge >= 0.3 is 12.2 Å². The van der Waals surface area contributed by atoms with Gasteiger partial charge in [-0.25, -0.2) is 14.9 Å². The number of rotatable bonds is 0. The Hall–Kier alpha value is -1.06. The molecular weight excluding hydrogens is 86.0 g/mol. The molecule has 0 atom stereocenters. The summed E-state index contributed by atoms with van der Waals surface area (Å²) in [4.78, 5) is 19.1. The molecule has 4 heteroatoms. The molecule has 1 rings (SSSR count). The number of hydrogen-bond acceptors (Lipinski definition) is 3. The summed E-state index contributed by atoms with van der Waals surface area (Å²) in [5.74, 6) is 0. The van der Waals surface area contributed by atoms with Crippen molar-refractivity contribution in [3.8, 4) is 0 Å². The van der Waals surface area contributed by atoms with E-state index in [1.54, 1.807) is 5.32 Å². The van der Waals surface area contributed by atoms with Gasteiger partial charge in [0.05, 0.1) is 0 Å². The highest BCUT2D eigenvalue weighted by Crippen LogP contribution is 1.88. The highest BCUT2D eigenvalue weighted by molar-refractivity contribution is 6.02. The van der Waals surface area contributed by atoms with Crippen LogP contribution in [-0.2, 0) is 4.74 Å². The average Bonchev–Trinajstić information content (AvgIpc) is 1.33. The van der Waals surface area contributed by atoms with E-state index < -0.39 is 12.2 Å². The second-order valence-corrected chi connectivity index (χ2v) is 0.802. The molecule has 0 aromatic heterocycles. The predicted molar refractivity (Wildman–Crippen MR) is 15.0 cm³/mol. The van der Waals surface area contributed by atoms with Crippen LogP contribution in [0.5, 0.6) is 0 Å². The Kier molecular flexibility index (Phi) is 0.370. The van der Waals surface area contributed by atoms with Crippen LogP contribution in [0.3, 0.4) is 0 Å². The Morgan fingerprint density at radius 3 is 1.67 bits per heavy atom. The van der Waals surface area contributed by atoms with E-state index in [9.17, 15) is 9.59 Å². The monoisotopic (exact) mass is 87.0 g/mol. The van der Waals surface area contributed by atoms with Crippen LogP contribution < -0.4 is 5.32 Å². The minimum Gasteiger partial charge on any atom is -0.359 e. The van der Waals surface area contributed by atoms with Crippen LogP contribution >= 0.6 is 0 Å². The fourth-order valence-electron chi connectivity index (χ4n) is 0.172. The Balaban J connectivity index is 2.47. The summed E-state index contributed by atoms with van der Waals surface area (Å²) >= 11 is 0. The molecule has 1 fully saturated rings. The van der Waals surface area contributed by atoms with E-state index in [0.29, 0.717) is 0 Å². The highest BCUT2D eigenvalue weighted by Gasteiger charge is 2.22. The molecule has 0 radical (unpaired) electrons. The van der Waals surface area contributed by atoms with Gasteiger partial charge in [0.2, 0.25) is 0 Å². The van der Waals surface area contributed by atoms with Crippen LogP contribution in [0.4, 0.5) is 9.59 Å². The van der Waals surface area contributed by atoms with Gasteiger partial charge in [-0.3, -0.25) is 0 Å². The number of ether oxygens (including phenoxy) is 1. The Bertz CT molecular complexity index is 85.4. The first-order valence-electron chi connectivity index (χ1n) is 1.32. The van der Waals surface area contributed by atoms with Crippen molar-refractivity contribution in [3.05, 3.63) is 0 Å². The van der Waals surface area contributed by atoms with Crippen molar-refractivity contribution in [1.29, 1.82) is 0 Å². The topological polar surface area (TPSA) is 55.4 Å². The summed E-state index contributed by atoms with van der Waals surface area (Å²) in [6.45, 7) is 0. The van der Waals surface area contributed by atoms with Crippen LogP contribution in [0, 0.1) is 0 Å². The molecule has 0 unspecified atom stereocenters. The van der Waals surface area contributed by atoms with Gasteiger partial charge < -0.3 is 4.74 Å². The fourth-order valence-corrected chi connectivity index (χ4v) is 0.172. The van der Waals surface area contributed by atoms with Crippen molar-refractivity contribution < 1.29 is 14.3 Å². The highest BCUT2D eigenvalue weighted by atomic mass is 16.6. The predicted octanol–water partition coefficient (Wildman–Crippen LogP) is -0.154. The summed E-state index contributed by atoms with van der Waals surface area (Å²) in [6, 6.07) is 0. The minimum atomic E-state index is -0.667. The average molecular weight is 87.0 g/mol. The molecule has 0 saturated carbocycles. The molecule has 1 saturated heterocycles. The van der Waals surface area contributed by atoms with E-state index in [0.717, 1.165) is 0 Å². The lowest BCUT2D eigenvalue weighted by Crippen LogP contribution is -2.44. The number of nitrogens with one attached hydrogen (secondary N) is 1. The van der Waals surface area contributed by atoms with E-state index in [1.165, 1.54) is 0 Å². The van der Waals surface area contributed by atoms with Gasteiger partial charge in [-0.15, -0.1) is 0 Å². The van der Waals surface area contributed by atoms with Gasteiger partial charge in [-0.2, -0.15) is 0 Å². The number of imide groups is 1. The van der Waals surface area contributed by atoms with Crippen LogP contribution in [-0.4, -0.2) is 12.2 Å². The summed E-state index contributed by atoms with van der Waals surface area (Å²) in [5.41, 5.74) is 0. The molecule has 1 aliphatic rings. The number of cyclic esters (lactones) is 2. The zero-order valence-electron chi connectivity index (χ0n) is 2.72. The fraction of sp³-hybridized carbons (Fsp3) is 0. The van der Waals surface area contributed by atoms with Crippen molar-refractivity contribution in [1.82, 2.24) is 5.32 Å². The third-order valence-corrected chi connectivity index (χ3v) is 0.390. The van der Waals surface area contributed by atoms with Crippen LogP contribution in [0.25, 0.3) is 0 Å². The maximum atomic E-state index is 9.56. The van der Waals surface area contributed by atoms with Crippen molar-refractivity contribution >= 4 is 12.2 Å². The molecule has 32 valence electrons. The second-order valence-electron chi connectivity index (χ2n) is 0.802. The van der Waals surface area contributed by atoms with Crippen LogP contribution in [0.2, 0.25) is 0 Å². The third kappa shape index (κ3) is 0.230. The molecule has 2 amide bonds. The molecule has 0 aromatic rings. The maximum Gasteiger partial charge on any atom is 0.425 e. The molecule has 1 N–H and O–H groups in total. The Morgan fingerprint density at radius 1 is 1.33 bits per heavy atom. The van der Waals surface area contributed by atoms with E-state index >= 15 is 0 Å². The van der Waals surface area contributed by atoms with E-state index in [-0.39, 0.29) is 0 Å². The quantitative estimate of drug-likeness (QED) is 0.418. The molecular formula is C2HNO3. The largest absolute Gasteiger partial charge is 0.425 e. The SMILES string of the molecule is O=C1NC(=O)O1. The molecule has 1 heterocycles. The Labute approximate surface area is 33.1 Å². The molecule has 4 nitrogen and oxygen atoms in total. The molecule has 1 aliphatic heterocycles. The summed E-state index contributed by atoms with van der Waals surface area (Å²) in [5, 5.41) is 1.81. The first-order valence-corrected chi connectivity index (χ1v) is 1.32. The normalized spacial score (nSPS) is 18.0. The molecule has 0 aliphatic carbocycles. The first kappa shape index (κ1) is 3.14. The van der Waals surface area contributed by atoms with Crippen molar-refractivity contribution in [2.45, 2.75) is 0 Å². The van der Waals surface area contributed by atoms with Gasteiger partial charge in [0.15, 0.2) is 0 Å². The van der Waals surface area contributed by atoms with Crippen LogP contribution in [0.1, 0.15) is 0 Å². The van der Waals surface area contributed by atoms with Crippen molar-refractivity contribution in [3.63, 3.8) is 0 Å². The molecule has 0 spiro atoms. The van der Waals surface area contributed by atoms with Gasteiger partial charge in [-0.05, 0) is 0 Å². The first-order chi connectivity index (χ1) is 2.79. The maximum absolute atomic E-state index is 9.56. The standard InChI is InChI=1S/C2HNO3/c4-1-3-2(5)6-1/h(H,3,4,5). The summed E-state index contributed by atoms with van der Waals surface area (Å²) in [6.07, 6.45) is -1.33. The van der Waals surface area contributed by atoms with Gasteiger partial charge in [0, 0.05) is 0 Å². The van der Waals surface area contributed by atoms with E-state index in [2.05, 4.69) is 4.74 Å². The van der Waals surface area contributed by atoms with Gasteiger partial charge in [0.1, 0.15) is 0 Å². The zero-order valence-corrected chi connectivity index (χ0v) is 2.72.